The monoisotopic (exact) mass is 184 g/mol. The van der Waals surface area contributed by atoms with E-state index in [1.54, 1.807) is 13.0 Å². The molecule has 0 radical (unpaired) electrons. The number of carboxylic acid groups (broad SMARTS) is 1. The summed E-state index contributed by atoms with van der Waals surface area (Å²) in [7, 11) is 0. The van der Waals surface area contributed by atoms with Crippen molar-refractivity contribution in [1.82, 2.24) is 5.32 Å². The molecule has 0 bridgehead atoms. The van der Waals surface area contributed by atoms with Crippen molar-refractivity contribution in [3.8, 4) is 0 Å². The van der Waals surface area contributed by atoms with Crippen LogP contribution in [-0.2, 0) is 4.79 Å². The average molecular weight is 184 g/mol. The molecule has 0 amide bonds. The van der Waals surface area contributed by atoms with E-state index in [-0.39, 0.29) is 0 Å². The number of hydrogen-bond acceptors (Lipinski definition) is 3. The number of carbonyl (C=O) groups excluding carboxylic acids is 1. The second-order valence-electron chi connectivity index (χ2n) is 3.07. The lowest BCUT2D eigenvalue weighted by Crippen LogP contribution is -2.23. The van der Waals surface area contributed by atoms with Crippen molar-refractivity contribution in [1.29, 1.82) is 0 Å². The number of carbonyl (C=O) groups is 1. The topological polar surface area (TPSA) is 52.2 Å². The Kier molecular flexibility index (Phi) is 7.30. The first-order valence-electron chi connectivity index (χ1n) is 4.77. The van der Waals surface area contributed by atoms with Gasteiger partial charge in [-0.05, 0) is 38.4 Å². The van der Waals surface area contributed by atoms with Gasteiger partial charge in [0.15, 0.2) is 0 Å². The molecule has 0 saturated heterocycles. The summed E-state index contributed by atoms with van der Waals surface area (Å²) in [6, 6.07) is 0. The highest BCUT2D eigenvalue weighted by molar-refractivity contribution is 5.83. The zero-order valence-electron chi connectivity index (χ0n) is 8.43. The molecule has 13 heavy (non-hydrogen) atoms. The van der Waals surface area contributed by atoms with E-state index >= 15 is 0 Å². The maximum Gasteiger partial charge on any atom is 0.0668 e. The third-order valence-corrected chi connectivity index (χ3v) is 1.80. The van der Waals surface area contributed by atoms with E-state index in [0.29, 0.717) is 5.57 Å². The minimum atomic E-state index is -1.08. The molecule has 0 fully saturated rings. The molecule has 0 aromatic rings. The molecule has 3 nitrogen and oxygen atoms in total. The van der Waals surface area contributed by atoms with Crippen molar-refractivity contribution in [2.75, 3.05) is 13.1 Å². The summed E-state index contributed by atoms with van der Waals surface area (Å²) < 4.78 is 0. The molecule has 1 N–H and O–H groups in total. The molecule has 0 saturated carbocycles. The fourth-order valence-electron chi connectivity index (χ4n) is 0.901. The summed E-state index contributed by atoms with van der Waals surface area (Å²) >= 11 is 0. The predicted molar refractivity (Wildman–Crippen MR) is 51.2 cm³/mol. The third-order valence-electron chi connectivity index (χ3n) is 1.80. The molecule has 0 atom stereocenters. The van der Waals surface area contributed by atoms with Gasteiger partial charge in [-0.1, -0.05) is 19.4 Å². The van der Waals surface area contributed by atoms with Crippen molar-refractivity contribution in [2.45, 2.75) is 33.1 Å². The van der Waals surface area contributed by atoms with Gasteiger partial charge in [0.2, 0.25) is 0 Å². The molecule has 0 aliphatic rings. The Hall–Kier alpha value is -0.830. The highest BCUT2D eigenvalue weighted by Gasteiger charge is 1.88. The number of carboxylic acids is 1. The molecule has 0 aliphatic heterocycles. The van der Waals surface area contributed by atoms with Gasteiger partial charge in [0, 0.05) is 0 Å². The SMILES string of the molecule is CCCCNCC/C=C(\C)C(=O)[O-]. The largest absolute Gasteiger partial charge is 0.545 e. The first kappa shape index (κ1) is 12.2. The standard InChI is InChI=1S/C10H19NO2/c1-3-4-7-11-8-5-6-9(2)10(12)13/h6,11H,3-5,7-8H2,1-2H3,(H,12,13)/p-1/b9-6+. The van der Waals surface area contributed by atoms with E-state index in [0.717, 1.165) is 19.5 Å². The van der Waals surface area contributed by atoms with Crippen LogP contribution in [0.25, 0.3) is 0 Å². The van der Waals surface area contributed by atoms with Gasteiger partial charge < -0.3 is 15.2 Å². The smallest absolute Gasteiger partial charge is 0.0668 e. The van der Waals surface area contributed by atoms with Crippen LogP contribution in [0.3, 0.4) is 0 Å². The Morgan fingerprint density at radius 3 is 2.69 bits per heavy atom. The fraction of sp³-hybridized carbons (Fsp3) is 0.700. The van der Waals surface area contributed by atoms with Gasteiger partial charge in [-0.25, -0.2) is 0 Å². The van der Waals surface area contributed by atoms with E-state index in [1.807, 2.05) is 0 Å². The lowest BCUT2D eigenvalue weighted by molar-refractivity contribution is -0.299. The molecular weight excluding hydrogens is 166 g/mol. The Morgan fingerprint density at radius 2 is 2.15 bits per heavy atom. The van der Waals surface area contributed by atoms with Crippen LogP contribution >= 0.6 is 0 Å². The Morgan fingerprint density at radius 1 is 1.46 bits per heavy atom. The normalized spacial score (nSPS) is 11.7. The van der Waals surface area contributed by atoms with Crippen LogP contribution in [0.1, 0.15) is 33.1 Å². The number of unbranched alkanes of at least 4 members (excludes halogenated alkanes) is 1. The Bertz CT molecular complexity index is 176. The summed E-state index contributed by atoms with van der Waals surface area (Å²) in [5, 5.41) is 13.5. The third kappa shape index (κ3) is 7.53. The van der Waals surface area contributed by atoms with Gasteiger partial charge in [-0.2, -0.15) is 0 Å². The van der Waals surface area contributed by atoms with Gasteiger partial charge >= 0.3 is 0 Å². The van der Waals surface area contributed by atoms with E-state index < -0.39 is 5.97 Å². The zero-order chi connectivity index (χ0) is 10.1. The molecule has 0 spiro atoms. The van der Waals surface area contributed by atoms with E-state index in [1.165, 1.54) is 12.8 Å². The number of rotatable bonds is 7. The van der Waals surface area contributed by atoms with Crippen molar-refractivity contribution >= 4 is 5.97 Å². The molecule has 0 aromatic carbocycles. The summed E-state index contributed by atoms with van der Waals surface area (Å²) in [4.78, 5) is 10.3. The van der Waals surface area contributed by atoms with Crippen molar-refractivity contribution in [3.63, 3.8) is 0 Å². The van der Waals surface area contributed by atoms with Gasteiger partial charge in [0.05, 0.1) is 5.97 Å². The average Bonchev–Trinajstić information content (AvgIpc) is 2.10. The number of aliphatic carboxylic acids is 1. The second-order valence-corrected chi connectivity index (χ2v) is 3.07. The minimum absolute atomic E-state index is 0.317. The Balaban J connectivity index is 3.34. The van der Waals surface area contributed by atoms with E-state index in [4.69, 9.17) is 0 Å². The molecule has 0 unspecified atom stereocenters. The number of hydrogen-bond donors (Lipinski definition) is 1. The minimum Gasteiger partial charge on any atom is -0.545 e. The van der Waals surface area contributed by atoms with Crippen LogP contribution in [0.4, 0.5) is 0 Å². The summed E-state index contributed by atoms with van der Waals surface area (Å²) in [6.07, 6.45) is 4.79. The molecule has 0 rings (SSSR count). The van der Waals surface area contributed by atoms with Crippen LogP contribution in [0, 0.1) is 0 Å². The second kappa shape index (κ2) is 7.80. The predicted octanol–water partition coefficient (Wildman–Crippen LogP) is 0.462. The van der Waals surface area contributed by atoms with Crippen LogP contribution in [0.15, 0.2) is 11.6 Å². The van der Waals surface area contributed by atoms with Gasteiger partial charge in [-0.15, -0.1) is 0 Å². The highest BCUT2D eigenvalue weighted by atomic mass is 16.4. The summed E-state index contributed by atoms with van der Waals surface area (Å²) in [5.41, 5.74) is 0.317. The van der Waals surface area contributed by atoms with Crippen LogP contribution < -0.4 is 10.4 Å². The number of nitrogens with one attached hydrogen (secondary N) is 1. The van der Waals surface area contributed by atoms with Crippen molar-refractivity contribution in [2.24, 2.45) is 0 Å². The maximum absolute atomic E-state index is 10.3. The van der Waals surface area contributed by atoms with E-state index in [2.05, 4.69) is 12.2 Å². The van der Waals surface area contributed by atoms with Gasteiger partial charge in [0.1, 0.15) is 0 Å². The zero-order valence-corrected chi connectivity index (χ0v) is 8.43. The first-order chi connectivity index (χ1) is 6.18. The van der Waals surface area contributed by atoms with Crippen molar-refractivity contribution in [3.05, 3.63) is 11.6 Å². The molecule has 0 aromatic heterocycles. The molecule has 76 valence electrons. The van der Waals surface area contributed by atoms with Crippen molar-refractivity contribution < 1.29 is 9.90 Å². The lowest BCUT2D eigenvalue weighted by atomic mass is 10.2. The maximum atomic E-state index is 10.3. The van der Waals surface area contributed by atoms with Gasteiger partial charge in [-0.3, -0.25) is 0 Å². The fourth-order valence-corrected chi connectivity index (χ4v) is 0.901. The van der Waals surface area contributed by atoms with Gasteiger partial charge in [0.25, 0.3) is 0 Å². The molecule has 0 heterocycles. The summed E-state index contributed by atoms with van der Waals surface area (Å²) in [5.74, 6) is -1.08. The van der Waals surface area contributed by atoms with Crippen LogP contribution in [0.2, 0.25) is 0 Å². The highest BCUT2D eigenvalue weighted by Crippen LogP contribution is 1.92. The first-order valence-corrected chi connectivity index (χ1v) is 4.77. The Labute approximate surface area is 79.8 Å². The van der Waals surface area contributed by atoms with E-state index in [9.17, 15) is 9.90 Å². The quantitative estimate of drug-likeness (QED) is 0.462. The van der Waals surface area contributed by atoms with Crippen LogP contribution in [-0.4, -0.2) is 19.1 Å². The van der Waals surface area contributed by atoms with Crippen LogP contribution in [0.5, 0.6) is 0 Å². The summed E-state index contributed by atoms with van der Waals surface area (Å²) in [6.45, 7) is 5.54. The molecular formula is C10H18NO2-. The molecule has 0 aliphatic carbocycles. The lowest BCUT2D eigenvalue weighted by Gasteiger charge is -2.03. The molecule has 3 heteroatoms.